The zero-order chi connectivity index (χ0) is 12.4. The molecule has 2 rings (SSSR count). The van der Waals surface area contributed by atoms with Gasteiger partial charge in [0.2, 0.25) is 0 Å². The van der Waals surface area contributed by atoms with E-state index in [-0.39, 0.29) is 0 Å². The van der Waals surface area contributed by atoms with Crippen LogP contribution in [0.15, 0.2) is 12.2 Å². The number of ether oxygens (including phenoxy) is 2. The molecule has 16 heavy (non-hydrogen) atoms. The third-order valence-electron chi connectivity index (χ3n) is 1.64. The van der Waals surface area contributed by atoms with Gasteiger partial charge < -0.3 is 14.6 Å². The quantitative estimate of drug-likeness (QED) is 0.431. The van der Waals surface area contributed by atoms with E-state index in [9.17, 15) is 9.59 Å². The summed E-state index contributed by atoms with van der Waals surface area (Å²) in [4.78, 5) is 19.8. The van der Waals surface area contributed by atoms with Gasteiger partial charge in [-0.2, -0.15) is 0 Å². The smallest absolute Gasteiger partial charge is 0.338 e. The SMILES string of the molecule is CCC1CO1.CCCO.O=C1C=CC(=O)O1. The fourth-order valence-electron chi connectivity index (χ4n) is 0.607. The second-order valence-electron chi connectivity index (χ2n) is 3.16. The van der Waals surface area contributed by atoms with Gasteiger partial charge in [-0.3, -0.25) is 0 Å². The zero-order valence-electron chi connectivity index (χ0n) is 9.64. The van der Waals surface area contributed by atoms with Crippen LogP contribution in [0.3, 0.4) is 0 Å². The third-order valence-corrected chi connectivity index (χ3v) is 1.64. The molecule has 2 aliphatic rings. The van der Waals surface area contributed by atoms with E-state index in [1.165, 1.54) is 6.42 Å². The van der Waals surface area contributed by atoms with Crippen molar-refractivity contribution in [3.63, 3.8) is 0 Å². The maximum Gasteiger partial charge on any atom is 0.338 e. The third kappa shape index (κ3) is 9.36. The lowest BCUT2D eigenvalue weighted by Gasteiger charge is -1.80. The number of hydrogen-bond acceptors (Lipinski definition) is 5. The van der Waals surface area contributed by atoms with Crippen LogP contribution in [0, 0.1) is 0 Å². The number of epoxide rings is 1. The van der Waals surface area contributed by atoms with E-state index >= 15 is 0 Å². The highest BCUT2D eigenvalue weighted by Gasteiger charge is 2.18. The van der Waals surface area contributed by atoms with E-state index in [4.69, 9.17) is 9.84 Å². The Morgan fingerprint density at radius 1 is 1.31 bits per heavy atom. The van der Waals surface area contributed by atoms with Crippen molar-refractivity contribution in [2.45, 2.75) is 32.8 Å². The van der Waals surface area contributed by atoms with Crippen LogP contribution >= 0.6 is 0 Å². The average Bonchev–Trinajstić information content (AvgIpc) is 3.05. The number of carbonyl (C=O) groups is 2. The largest absolute Gasteiger partial charge is 0.396 e. The molecule has 0 aromatic rings. The molecule has 0 amide bonds. The molecule has 1 unspecified atom stereocenters. The Morgan fingerprint density at radius 3 is 1.81 bits per heavy atom. The second kappa shape index (κ2) is 9.06. The predicted molar refractivity (Wildman–Crippen MR) is 57.6 cm³/mol. The zero-order valence-corrected chi connectivity index (χ0v) is 9.64. The van der Waals surface area contributed by atoms with Crippen molar-refractivity contribution < 1.29 is 24.2 Å². The summed E-state index contributed by atoms with van der Waals surface area (Å²) >= 11 is 0. The molecule has 0 aromatic heterocycles. The van der Waals surface area contributed by atoms with Crippen molar-refractivity contribution in [2.75, 3.05) is 13.2 Å². The minimum absolute atomic E-state index is 0.319. The molecule has 1 fully saturated rings. The van der Waals surface area contributed by atoms with Gasteiger partial charge in [-0.1, -0.05) is 13.8 Å². The molecule has 0 bridgehead atoms. The highest BCUT2D eigenvalue weighted by molar-refractivity contribution is 6.04. The van der Waals surface area contributed by atoms with Crippen LogP contribution in [0.2, 0.25) is 0 Å². The van der Waals surface area contributed by atoms with Gasteiger partial charge >= 0.3 is 11.9 Å². The van der Waals surface area contributed by atoms with Gasteiger partial charge in [-0.05, 0) is 12.8 Å². The van der Waals surface area contributed by atoms with Gasteiger partial charge in [-0.15, -0.1) is 0 Å². The van der Waals surface area contributed by atoms with E-state index in [0.717, 1.165) is 25.2 Å². The number of aliphatic hydroxyl groups excluding tert-OH is 1. The highest BCUT2D eigenvalue weighted by atomic mass is 16.6. The second-order valence-corrected chi connectivity index (χ2v) is 3.16. The van der Waals surface area contributed by atoms with Crippen molar-refractivity contribution in [1.82, 2.24) is 0 Å². The number of carbonyl (C=O) groups excluding carboxylic acids is 2. The predicted octanol–water partition coefficient (Wildman–Crippen LogP) is 0.810. The van der Waals surface area contributed by atoms with Gasteiger partial charge in [0.25, 0.3) is 0 Å². The lowest BCUT2D eigenvalue weighted by Crippen LogP contribution is -1.96. The Kier molecular flexibility index (Phi) is 8.38. The summed E-state index contributed by atoms with van der Waals surface area (Å²) in [5.41, 5.74) is 0. The molecule has 2 aliphatic heterocycles. The molecule has 5 heteroatoms. The average molecular weight is 230 g/mol. The van der Waals surface area contributed by atoms with Crippen LogP contribution in [0.5, 0.6) is 0 Å². The van der Waals surface area contributed by atoms with Crippen molar-refractivity contribution in [2.24, 2.45) is 0 Å². The fourth-order valence-corrected chi connectivity index (χ4v) is 0.607. The number of rotatable bonds is 2. The van der Waals surface area contributed by atoms with Gasteiger partial charge in [0.05, 0.1) is 12.7 Å². The fraction of sp³-hybridized carbons (Fsp3) is 0.636. The Bertz CT molecular complexity index is 225. The van der Waals surface area contributed by atoms with Crippen LogP contribution in [-0.2, 0) is 19.1 Å². The lowest BCUT2D eigenvalue weighted by atomic mass is 10.4. The molecule has 1 atom stereocenters. The first-order valence-corrected chi connectivity index (χ1v) is 5.30. The Balaban J connectivity index is 0.000000222. The Hall–Kier alpha value is -1.20. The summed E-state index contributed by atoms with van der Waals surface area (Å²) < 4.78 is 8.83. The van der Waals surface area contributed by atoms with Gasteiger partial charge in [0.1, 0.15) is 0 Å². The van der Waals surface area contributed by atoms with Crippen LogP contribution in [0.4, 0.5) is 0 Å². The van der Waals surface area contributed by atoms with Crippen molar-refractivity contribution in [1.29, 1.82) is 0 Å². The molecule has 0 saturated carbocycles. The lowest BCUT2D eigenvalue weighted by molar-refractivity contribution is -0.150. The van der Waals surface area contributed by atoms with Gasteiger partial charge in [0, 0.05) is 18.8 Å². The van der Waals surface area contributed by atoms with Crippen LogP contribution in [0.1, 0.15) is 26.7 Å². The first kappa shape index (κ1) is 14.8. The van der Waals surface area contributed by atoms with E-state index in [1.54, 1.807) is 0 Å². The van der Waals surface area contributed by atoms with Gasteiger partial charge in [-0.25, -0.2) is 9.59 Å². The first-order chi connectivity index (χ1) is 7.63. The molecule has 0 aliphatic carbocycles. The number of esters is 2. The van der Waals surface area contributed by atoms with Crippen molar-refractivity contribution in [3.8, 4) is 0 Å². The molecular weight excluding hydrogens is 212 g/mol. The summed E-state index contributed by atoms with van der Waals surface area (Å²) in [5, 5.41) is 7.88. The number of cyclic esters (lactones) is 2. The molecule has 92 valence electrons. The van der Waals surface area contributed by atoms with E-state index in [1.807, 2.05) is 6.92 Å². The molecule has 0 radical (unpaired) electrons. The van der Waals surface area contributed by atoms with E-state index in [2.05, 4.69) is 11.7 Å². The molecule has 0 aromatic carbocycles. The minimum Gasteiger partial charge on any atom is -0.396 e. The highest BCUT2D eigenvalue weighted by Crippen LogP contribution is 2.10. The van der Waals surface area contributed by atoms with Crippen molar-refractivity contribution in [3.05, 3.63) is 12.2 Å². The molecule has 1 N–H and O–H groups in total. The maximum atomic E-state index is 9.92. The van der Waals surface area contributed by atoms with Crippen LogP contribution in [0.25, 0.3) is 0 Å². The molecule has 2 heterocycles. The van der Waals surface area contributed by atoms with Crippen molar-refractivity contribution >= 4 is 11.9 Å². The van der Waals surface area contributed by atoms with E-state index < -0.39 is 11.9 Å². The monoisotopic (exact) mass is 230 g/mol. The topological polar surface area (TPSA) is 76.1 Å². The summed E-state index contributed by atoms with van der Waals surface area (Å²) in [5.74, 6) is -1.16. The maximum absolute atomic E-state index is 9.92. The minimum atomic E-state index is -0.579. The summed E-state index contributed by atoms with van der Waals surface area (Å²) in [6.07, 6.45) is 4.87. The van der Waals surface area contributed by atoms with Crippen LogP contribution < -0.4 is 0 Å². The Labute approximate surface area is 95.0 Å². The molecule has 1 saturated heterocycles. The first-order valence-electron chi connectivity index (χ1n) is 5.30. The van der Waals surface area contributed by atoms with Gasteiger partial charge in [0.15, 0.2) is 0 Å². The van der Waals surface area contributed by atoms with Crippen LogP contribution in [-0.4, -0.2) is 36.4 Å². The normalized spacial score (nSPS) is 20.3. The number of hydrogen-bond donors (Lipinski definition) is 1. The van der Waals surface area contributed by atoms with E-state index in [0.29, 0.717) is 12.7 Å². The summed E-state index contributed by atoms with van der Waals surface area (Å²) in [7, 11) is 0. The Morgan fingerprint density at radius 2 is 1.75 bits per heavy atom. The standard InChI is InChI=1S/C4H2O3.C4H8O.C3H8O/c5-3-1-2-4(6)7-3;1-2-4-3-5-4;1-2-3-4/h1-2H;4H,2-3H2,1H3;4H,2-3H2,1H3. The molecule has 5 nitrogen and oxygen atoms in total. The number of aliphatic hydroxyl groups is 1. The molecule has 0 spiro atoms. The summed E-state index contributed by atoms with van der Waals surface area (Å²) in [6, 6.07) is 0. The summed E-state index contributed by atoms with van der Waals surface area (Å²) in [6.45, 7) is 5.40. The molecular formula is C11H18O5.